The van der Waals surface area contributed by atoms with Gasteiger partial charge in [-0.15, -0.1) is 0 Å². The van der Waals surface area contributed by atoms with Crippen LogP contribution in [0.15, 0.2) is 30.3 Å². The molecule has 0 saturated heterocycles. The van der Waals surface area contributed by atoms with E-state index in [1.54, 1.807) is 7.11 Å². The monoisotopic (exact) mass is 252 g/mol. The van der Waals surface area contributed by atoms with Crippen LogP contribution in [0.5, 0.6) is 0 Å². The SMILES string of the molecule is COC(C)(C)OOC(C)(c1ccccc1)C(C)C. The molecule has 1 rings (SSSR count). The number of benzene rings is 1. The van der Waals surface area contributed by atoms with Gasteiger partial charge in [0.15, 0.2) is 5.79 Å². The zero-order valence-corrected chi connectivity index (χ0v) is 12.2. The fraction of sp³-hybridized carbons (Fsp3) is 0.600. The van der Waals surface area contributed by atoms with Crippen molar-refractivity contribution < 1.29 is 14.5 Å². The summed E-state index contributed by atoms with van der Waals surface area (Å²) < 4.78 is 5.20. The second-order valence-electron chi connectivity index (χ2n) is 5.40. The zero-order chi connectivity index (χ0) is 13.8. The predicted molar refractivity (Wildman–Crippen MR) is 71.9 cm³/mol. The normalized spacial score (nSPS) is 15.7. The van der Waals surface area contributed by atoms with E-state index in [0.29, 0.717) is 0 Å². The first-order valence-electron chi connectivity index (χ1n) is 6.29. The number of rotatable bonds is 6. The molecule has 0 saturated carbocycles. The number of hydrogen-bond donors (Lipinski definition) is 0. The summed E-state index contributed by atoms with van der Waals surface area (Å²) in [6, 6.07) is 10.1. The minimum absolute atomic E-state index is 0.271. The van der Waals surface area contributed by atoms with Gasteiger partial charge in [0.05, 0.1) is 0 Å². The van der Waals surface area contributed by atoms with Crippen molar-refractivity contribution in [3.05, 3.63) is 35.9 Å². The summed E-state index contributed by atoms with van der Waals surface area (Å²) in [6.07, 6.45) is 0. The first-order chi connectivity index (χ1) is 8.32. The number of ether oxygens (including phenoxy) is 1. The van der Waals surface area contributed by atoms with Gasteiger partial charge in [0, 0.05) is 7.11 Å². The lowest BCUT2D eigenvalue weighted by Gasteiger charge is -2.35. The van der Waals surface area contributed by atoms with Crippen molar-refractivity contribution >= 4 is 0 Å². The van der Waals surface area contributed by atoms with Crippen molar-refractivity contribution in [2.45, 2.75) is 46.0 Å². The van der Waals surface area contributed by atoms with Crippen molar-refractivity contribution in [3.8, 4) is 0 Å². The Morgan fingerprint density at radius 2 is 1.50 bits per heavy atom. The Morgan fingerprint density at radius 3 is 1.94 bits per heavy atom. The molecule has 0 aliphatic heterocycles. The second-order valence-corrected chi connectivity index (χ2v) is 5.40. The molecule has 0 bridgehead atoms. The largest absolute Gasteiger partial charge is 0.351 e. The minimum Gasteiger partial charge on any atom is -0.351 e. The Hall–Kier alpha value is -0.900. The lowest BCUT2D eigenvalue weighted by atomic mass is 9.85. The molecular formula is C15H24O3. The van der Waals surface area contributed by atoms with Crippen molar-refractivity contribution in [3.63, 3.8) is 0 Å². The first-order valence-corrected chi connectivity index (χ1v) is 6.29. The molecule has 0 heterocycles. The van der Waals surface area contributed by atoms with Crippen LogP contribution in [-0.2, 0) is 20.1 Å². The molecule has 0 radical (unpaired) electrons. The van der Waals surface area contributed by atoms with E-state index in [1.165, 1.54) is 0 Å². The fourth-order valence-electron chi connectivity index (χ4n) is 1.47. The molecule has 0 spiro atoms. The molecule has 102 valence electrons. The van der Waals surface area contributed by atoms with Gasteiger partial charge in [-0.25, -0.2) is 9.78 Å². The predicted octanol–water partition coefficient (Wildman–Crippen LogP) is 3.89. The smallest absolute Gasteiger partial charge is 0.195 e. The Labute approximate surface area is 110 Å². The highest BCUT2D eigenvalue weighted by Gasteiger charge is 2.35. The van der Waals surface area contributed by atoms with E-state index in [9.17, 15) is 0 Å². The topological polar surface area (TPSA) is 27.7 Å². The van der Waals surface area contributed by atoms with Crippen LogP contribution in [0.25, 0.3) is 0 Å². The summed E-state index contributed by atoms with van der Waals surface area (Å²) in [5, 5.41) is 0. The van der Waals surface area contributed by atoms with Gasteiger partial charge in [-0.2, -0.15) is 0 Å². The molecule has 18 heavy (non-hydrogen) atoms. The highest BCUT2D eigenvalue weighted by atomic mass is 17.2. The van der Waals surface area contributed by atoms with E-state index in [-0.39, 0.29) is 5.92 Å². The second kappa shape index (κ2) is 5.83. The Morgan fingerprint density at radius 1 is 0.944 bits per heavy atom. The van der Waals surface area contributed by atoms with Crippen LogP contribution in [0.4, 0.5) is 0 Å². The molecule has 0 aliphatic rings. The zero-order valence-electron chi connectivity index (χ0n) is 12.2. The molecule has 1 aromatic rings. The first kappa shape index (κ1) is 15.2. The third-order valence-electron chi connectivity index (χ3n) is 3.36. The van der Waals surface area contributed by atoms with E-state index in [4.69, 9.17) is 14.5 Å². The average molecular weight is 252 g/mol. The number of methoxy groups -OCH3 is 1. The van der Waals surface area contributed by atoms with Gasteiger partial charge in [0.1, 0.15) is 5.60 Å². The fourth-order valence-corrected chi connectivity index (χ4v) is 1.47. The van der Waals surface area contributed by atoms with Crippen LogP contribution in [0.1, 0.15) is 40.2 Å². The van der Waals surface area contributed by atoms with Crippen molar-refractivity contribution in [2.24, 2.45) is 5.92 Å². The highest BCUT2D eigenvalue weighted by Crippen LogP contribution is 2.34. The Balaban J connectivity index is 2.89. The lowest BCUT2D eigenvalue weighted by molar-refractivity contribution is -0.461. The molecule has 0 fully saturated rings. The molecule has 3 heteroatoms. The molecule has 0 amide bonds. The van der Waals surface area contributed by atoms with Gasteiger partial charge in [-0.05, 0) is 32.3 Å². The van der Waals surface area contributed by atoms with Gasteiger partial charge >= 0.3 is 0 Å². The quantitative estimate of drug-likeness (QED) is 0.437. The maximum atomic E-state index is 5.71. The van der Waals surface area contributed by atoms with E-state index in [2.05, 4.69) is 13.8 Å². The molecule has 1 unspecified atom stereocenters. The van der Waals surface area contributed by atoms with Gasteiger partial charge in [0.25, 0.3) is 0 Å². The Bertz CT molecular complexity index is 359. The lowest BCUT2D eigenvalue weighted by Crippen LogP contribution is -2.37. The molecule has 0 aliphatic carbocycles. The van der Waals surface area contributed by atoms with Crippen LogP contribution < -0.4 is 0 Å². The standard InChI is InChI=1S/C15H24O3/c1-12(2)15(5,13-10-8-7-9-11-13)18-17-14(3,4)16-6/h7-12H,1-6H3. The molecule has 3 nitrogen and oxygen atoms in total. The summed E-state index contributed by atoms with van der Waals surface area (Å²) in [6.45, 7) is 9.88. The summed E-state index contributed by atoms with van der Waals surface area (Å²) in [5.74, 6) is -0.488. The van der Waals surface area contributed by atoms with Gasteiger partial charge < -0.3 is 4.74 Å². The summed E-state index contributed by atoms with van der Waals surface area (Å²) in [5.41, 5.74) is 0.587. The highest BCUT2D eigenvalue weighted by molar-refractivity contribution is 5.22. The molecule has 1 atom stereocenters. The van der Waals surface area contributed by atoms with Gasteiger partial charge in [0.2, 0.25) is 0 Å². The van der Waals surface area contributed by atoms with E-state index in [0.717, 1.165) is 5.56 Å². The molecular weight excluding hydrogens is 228 g/mol. The van der Waals surface area contributed by atoms with Crippen LogP contribution in [0, 0.1) is 5.92 Å². The maximum Gasteiger partial charge on any atom is 0.195 e. The third-order valence-corrected chi connectivity index (χ3v) is 3.36. The Kier molecular flexibility index (Phi) is 4.91. The van der Waals surface area contributed by atoms with Crippen molar-refractivity contribution in [1.29, 1.82) is 0 Å². The summed E-state index contributed by atoms with van der Waals surface area (Å²) >= 11 is 0. The molecule has 0 aromatic heterocycles. The summed E-state index contributed by atoms with van der Waals surface area (Å²) in [7, 11) is 1.60. The van der Waals surface area contributed by atoms with Gasteiger partial charge in [-0.3, -0.25) is 0 Å². The third kappa shape index (κ3) is 3.55. The van der Waals surface area contributed by atoms with Crippen LogP contribution in [0.2, 0.25) is 0 Å². The molecule has 0 N–H and O–H groups in total. The average Bonchev–Trinajstić information content (AvgIpc) is 2.37. The van der Waals surface area contributed by atoms with Crippen molar-refractivity contribution in [1.82, 2.24) is 0 Å². The van der Waals surface area contributed by atoms with Crippen LogP contribution in [0.3, 0.4) is 0 Å². The molecule has 1 aromatic carbocycles. The van der Waals surface area contributed by atoms with E-state index >= 15 is 0 Å². The summed E-state index contributed by atoms with van der Waals surface area (Å²) in [4.78, 5) is 11.1. The number of hydrogen-bond acceptors (Lipinski definition) is 3. The van der Waals surface area contributed by atoms with Crippen LogP contribution >= 0.6 is 0 Å². The minimum atomic E-state index is -0.759. The maximum absolute atomic E-state index is 5.71. The van der Waals surface area contributed by atoms with E-state index in [1.807, 2.05) is 51.1 Å². The van der Waals surface area contributed by atoms with Gasteiger partial charge in [-0.1, -0.05) is 44.2 Å². The van der Waals surface area contributed by atoms with Crippen LogP contribution in [-0.4, -0.2) is 12.9 Å². The van der Waals surface area contributed by atoms with E-state index < -0.39 is 11.4 Å². The van der Waals surface area contributed by atoms with Crippen molar-refractivity contribution in [2.75, 3.05) is 7.11 Å².